The third kappa shape index (κ3) is 1.27. The fourth-order valence-corrected chi connectivity index (χ4v) is 1.32. The van der Waals surface area contributed by atoms with Crippen molar-refractivity contribution in [1.82, 2.24) is 4.90 Å². The second-order valence-corrected chi connectivity index (χ2v) is 3.23. The van der Waals surface area contributed by atoms with Crippen molar-refractivity contribution >= 4 is 34.9 Å². The zero-order chi connectivity index (χ0) is 7.72. The van der Waals surface area contributed by atoms with Crippen LogP contribution in [-0.4, -0.2) is 46.7 Å². The second kappa shape index (κ2) is 2.80. The van der Waals surface area contributed by atoms with Crippen LogP contribution in [0.3, 0.4) is 0 Å². The van der Waals surface area contributed by atoms with Crippen LogP contribution >= 0.6 is 24.8 Å². The van der Waals surface area contributed by atoms with Crippen molar-refractivity contribution < 1.29 is 4.58 Å². The molecule has 0 unspecified atom stereocenters. The maximum Gasteiger partial charge on any atom is 0.301 e. The summed E-state index contributed by atoms with van der Waals surface area (Å²) in [5.74, 6) is 0. The van der Waals surface area contributed by atoms with Crippen LogP contribution in [-0.2, 0) is 0 Å². The molecule has 0 saturated carbocycles. The van der Waals surface area contributed by atoms with Crippen LogP contribution in [0.5, 0.6) is 0 Å². The number of rotatable bonds is 0. The van der Waals surface area contributed by atoms with Crippen LogP contribution < -0.4 is 0 Å². The predicted octanol–water partition coefficient (Wildman–Crippen LogP) is 0.497. The van der Waals surface area contributed by atoms with Crippen molar-refractivity contribution in [3.05, 3.63) is 0 Å². The van der Waals surface area contributed by atoms with Crippen molar-refractivity contribution in [2.75, 3.05) is 27.2 Å². The Balaban J connectivity index is 2.88. The van der Waals surface area contributed by atoms with Crippen molar-refractivity contribution in [3.8, 4) is 0 Å². The quantitative estimate of drug-likeness (QED) is 0.390. The van der Waals surface area contributed by atoms with E-state index in [1.807, 2.05) is 23.6 Å². The van der Waals surface area contributed by atoms with E-state index in [9.17, 15) is 0 Å². The first kappa shape index (κ1) is 7.88. The van der Waals surface area contributed by atoms with Gasteiger partial charge in [0.1, 0.15) is 7.05 Å². The van der Waals surface area contributed by atoms with Gasteiger partial charge in [-0.1, -0.05) is 12.2 Å². The molecule has 2 nitrogen and oxygen atoms in total. The van der Waals surface area contributed by atoms with E-state index in [4.69, 9.17) is 24.8 Å². The Morgan fingerprint density at radius 1 is 1.60 bits per heavy atom. The van der Waals surface area contributed by atoms with Gasteiger partial charge in [0.25, 0.3) is 0 Å². The van der Waals surface area contributed by atoms with Crippen molar-refractivity contribution in [2.45, 2.75) is 0 Å². The van der Waals surface area contributed by atoms with E-state index in [1.165, 1.54) is 0 Å². The molecule has 0 N–H and O–H groups in total. The monoisotopic (exact) mass is 174 g/mol. The van der Waals surface area contributed by atoms with E-state index in [2.05, 4.69) is 0 Å². The number of thiocarbonyl (C=S) groups is 1. The minimum Gasteiger partial charge on any atom is -0.353 e. The molecule has 4 heteroatoms. The van der Waals surface area contributed by atoms with Gasteiger partial charge in [0, 0.05) is 7.05 Å². The molecule has 0 aliphatic carbocycles. The molecule has 0 amide bonds. The van der Waals surface area contributed by atoms with Crippen molar-refractivity contribution in [1.29, 1.82) is 0 Å². The highest BCUT2D eigenvalue weighted by atomic mass is 32.1. The Morgan fingerprint density at radius 3 is 2.70 bits per heavy atom. The molecule has 1 aliphatic heterocycles. The van der Waals surface area contributed by atoms with E-state index in [0.29, 0.717) is 0 Å². The van der Waals surface area contributed by atoms with Crippen LogP contribution in [0.25, 0.3) is 0 Å². The highest BCUT2D eigenvalue weighted by molar-refractivity contribution is 8.02. The fourth-order valence-electron chi connectivity index (χ4n) is 0.830. The lowest BCUT2D eigenvalue weighted by molar-refractivity contribution is -0.495. The standard InChI is InChI=1S/C6H10N2S2/c1-7-3-4-8(2)6(10)5(7)9/h3-4H2,1-2H3/q+1. The number of hydrogen-bond acceptors (Lipinski definition) is 1. The van der Waals surface area contributed by atoms with Gasteiger partial charge in [0.15, 0.2) is 11.5 Å². The summed E-state index contributed by atoms with van der Waals surface area (Å²) >= 11 is 10.1. The Morgan fingerprint density at radius 2 is 2.20 bits per heavy atom. The van der Waals surface area contributed by atoms with Gasteiger partial charge in [-0.25, -0.2) is 4.58 Å². The molecule has 10 heavy (non-hydrogen) atoms. The number of hydrogen-bond donors (Lipinski definition) is 0. The molecule has 0 bridgehead atoms. The van der Waals surface area contributed by atoms with E-state index >= 15 is 0 Å². The Kier molecular flexibility index (Phi) is 2.21. The van der Waals surface area contributed by atoms with Crippen molar-refractivity contribution in [3.63, 3.8) is 0 Å². The Labute approximate surface area is 71.9 Å². The maximum absolute atomic E-state index is 5.07. The van der Waals surface area contributed by atoms with Crippen LogP contribution in [0.15, 0.2) is 0 Å². The zero-order valence-corrected chi connectivity index (χ0v) is 7.76. The molecule has 1 rings (SSSR count). The molecule has 0 fully saturated rings. The average molecular weight is 174 g/mol. The van der Waals surface area contributed by atoms with Gasteiger partial charge in [0.05, 0.1) is 6.54 Å². The van der Waals surface area contributed by atoms with Gasteiger partial charge in [-0.05, 0) is 12.6 Å². The van der Waals surface area contributed by atoms with E-state index in [-0.39, 0.29) is 0 Å². The Hall–Kier alpha value is -0.220. The molecule has 0 saturated heterocycles. The molecule has 0 atom stereocenters. The maximum atomic E-state index is 5.07. The molecule has 0 spiro atoms. The van der Waals surface area contributed by atoms with Crippen LogP contribution in [0.4, 0.5) is 0 Å². The summed E-state index contributed by atoms with van der Waals surface area (Å²) in [6.45, 7) is 1.96. The van der Waals surface area contributed by atoms with E-state index < -0.39 is 0 Å². The molecule has 1 heterocycles. The summed E-state index contributed by atoms with van der Waals surface area (Å²) < 4.78 is 2.01. The first-order chi connectivity index (χ1) is 4.63. The molecule has 55 valence electrons. The highest BCUT2D eigenvalue weighted by Gasteiger charge is 2.23. The van der Waals surface area contributed by atoms with Gasteiger partial charge in [-0.2, -0.15) is 0 Å². The molecule has 1 aliphatic rings. The van der Waals surface area contributed by atoms with Gasteiger partial charge < -0.3 is 4.90 Å². The van der Waals surface area contributed by atoms with Crippen LogP contribution in [0, 0.1) is 0 Å². The van der Waals surface area contributed by atoms with Crippen LogP contribution in [0.1, 0.15) is 0 Å². The minimum atomic E-state index is 0.795. The minimum absolute atomic E-state index is 0.795. The number of nitrogens with zero attached hydrogens (tertiary/aromatic N) is 2. The first-order valence-electron chi connectivity index (χ1n) is 3.13. The summed E-state index contributed by atoms with van der Waals surface area (Å²) in [4.78, 5) is 2.81. The smallest absolute Gasteiger partial charge is 0.301 e. The lowest BCUT2D eigenvalue weighted by atomic mass is 10.4. The van der Waals surface area contributed by atoms with Crippen molar-refractivity contribution in [2.24, 2.45) is 0 Å². The first-order valence-corrected chi connectivity index (χ1v) is 3.95. The van der Waals surface area contributed by atoms with Gasteiger partial charge in [0.2, 0.25) is 0 Å². The SMILES string of the molecule is CN1CC[N+](C)=C([S])C1=S. The molecule has 0 aromatic carbocycles. The summed E-state index contributed by atoms with van der Waals surface area (Å²) in [7, 11) is 3.95. The highest BCUT2D eigenvalue weighted by Crippen LogP contribution is 2.00. The third-order valence-corrected chi connectivity index (χ3v) is 2.79. The second-order valence-electron chi connectivity index (χ2n) is 2.45. The fraction of sp³-hybridized carbons (Fsp3) is 0.667. The molecule has 0 aromatic heterocycles. The Bertz CT molecular complexity index is 198. The van der Waals surface area contributed by atoms with Gasteiger partial charge >= 0.3 is 5.04 Å². The zero-order valence-electron chi connectivity index (χ0n) is 6.13. The van der Waals surface area contributed by atoms with Gasteiger partial charge in [-0.3, -0.25) is 0 Å². The summed E-state index contributed by atoms with van der Waals surface area (Å²) in [6, 6.07) is 0. The summed E-state index contributed by atoms with van der Waals surface area (Å²) in [5, 5.41) is 0.795. The summed E-state index contributed by atoms with van der Waals surface area (Å²) in [6.07, 6.45) is 0. The van der Waals surface area contributed by atoms with Gasteiger partial charge in [-0.15, -0.1) is 0 Å². The normalized spacial score (nSPS) is 20.2. The lowest BCUT2D eigenvalue weighted by Gasteiger charge is -2.20. The predicted molar refractivity (Wildman–Crippen MR) is 48.9 cm³/mol. The van der Waals surface area contributed by atoms with Crippen LogP contribution in [0.2, 0.25) is 0 Å². The summed E-state index contributed by atoms with van der Waals surface area (Å²) in [5.41, 5.74) is 0. The molecular formula is C6H10N2S2+. The molecule has 1 radical (unpaired) electrons. The largest absolute Gasteiger partial charge is 0.353 e. The van der Waals surface area contributed by atoms with E-state index in [0.717, 1.165) is 23.1 Å². The number of likely N-dealkylation sites (N-methyl/N-ethyl adjacent to an activating group) is 2. The van der Waals surface area contributed by atoms with E-state index in [1.54, 1.807) is 0 Å². The topological polar surface area (TPSA) is 6.25 Å². The third-order valence-electron chi connectivity index (χ3n) is 1.65. The molecule has 0 aromatic rings. The average Bonchev–Trinajstić information content (AvgIpc) is 1.93. The molecular weight excluding hydrogens is 164 g/mol. The lowest BCUT2D eigenvalue weighted by Crippen LogP contribution is -2.42.